The van der Waals surface area contributed by atoms with E-state index in [4.69, 9.17) is 5.11 Å². The molecule has 0 unspecified atom stereocenters. The van der Waals surface area contributed by atoms with Crippen LogP contribution >= 0.6 is 0 Å². The summed E-state index contributed by atoms with van der Waals surface area (Å²) >= 11 is 0. The van der Waals surface area contributed by atoms with Crippen LogP contribution in [-0.2, 0) is 6.54 Å². The number of aromatic nitrogens is 1. The Morgan fingerprint density at radius 1 is 1.20 bits per heavy atom. The highest BCUT2D eigenvalue weighted by Gasteiger charge is 2.00. The quantitative estimate of drug-likeness (QED) is 0.772. The second-order valence-electron chi connectivity index (χ2n) is 3.35. The van der Waals surface area contributed by atoms with E-state index in [-0.39, 0.29) is 5.75 Å². The van der Waals surface area contributed by atoms with Crippen molar-refractivity contribution in [3.8, 4) is 5.75 Å². The molecule has 0 aliphatic rings. The van der Waals surface area contributed by atoms with Gasteiger partial charge in [0.15, 0.2) is 6.29 Å². The Kier molecular flexibility index (Phi) is 2.54. The molecule has 3 nitrogen and oxygen atoms in total. The van der Waals surface area contributed by atoms with Gasteiger partial charge < -0.3 is 9.67 Å². The van der Waals surface area contributed by atoms with Gasteiger partial charge in [0.1, 0.15) is 5.75 Å². The zero-order valence-corrected chi connectivity index (χ0v) is 8.13. The van der Waals surface area contributed by atoms with Crippen molar-refractivity contribution < 1.29 is 9.90 Å². The molecule has 0 saturated heterocycles. The highest BCUT2D eigenvalue weighted by atomic mass is 16.3. The zero-order chi connectivity index (χ0) is 10.7. The minimum Gasteiger partial charge on any atom is -0.508 e. The van der Waals surface area contributed by atoms with Crippen molar-refractivity contribution in [2.24, 2.45) is 0 Å². The highest BCUT2D eigenvalue weighted by molar-refractivity contribution is 5.72. The molecule has 0 aliphatic heterocycles. The molecule has 0 amide bonds. The smallest absolute Gasteiger partial charge is 0.166 e. The molecule has 2 aromatic rings. The molecule has 1 N–H and O–H groups in total. The number of rotatable bonds is 3. The maximum atomic E-state index is 10.7. The van der Waals surface area contributed by atoms with Gasteiger partial charge in [-0.15, -0.1) is 0 Å². The van der Waals surface area contributed by atoms with Crippen LogP contribution in [0.2, 0.25) is 0 Å². The van der Waals surface area contributed by atoms with Crippen LogP contribution in [0.3, 0.4) is 0 Å². The average Bonchev–Trinajstić information content (AvgIpc) is 2.69. The fourth-order valence-corrected chi connectivity index (χ4v) is 1.48. The van der Waals surface area contributed by atoms with Crippen LogP contribution in [0.1, 0.15) is 16.1 Å². The summed E-state index contributed by atoms with van der Waals surface area (Å²) in [4.78, 5) is 10.7. The number of nitrogens with zero attached hydrogens (tertiary/aromatic N) is 1. The number of phenols is 1. The first-order valence-corrected chi connectivity index (χ1v) is 4.68. The van der Waals surface area contributed by atoms with E-state index in [1.807, 2.05) is 29.0 Å². The summed E-state index contributed by atoms with van der Waals surface area (Å²) in [5.41, 5.74) is 1.70. The number of benzene rings is 1. The number of hydrogen-bond acceptors (Lipinski definition) is 2. The lowest BCUT2D eigenvalue weighted by atomic mass is 10.2. The van der Waals surface area contributed by atoms with Crippen molar-refractivity contribution in [2.45, 2.75) is 6.54 Å². The number of aromatic hydroxyl groups is 1. The van der Waals surface area contributed by atoms with Gasteiger partial charge in [0.05, 0.1) is 5.69 Å². The lowest BCUT2D eigenvalue weighted by Gasteiger charge is -2.05. The molecule has 76 valence electrons. The van der Waals surface area contributed by atoms with E-state index in [9.17, 15) is 4.79 Å². The van der Waals surface area contributed by atoms with Crippen LogP contribution in [-0.4, -0.2) is 16.0 Å². The van der Waals surface area contributed by atoms with Crippen LogP contribution in [0.15, 0.2) is 42.6 Å². The first kappa shape index (κ1) is 9.52. The normalized spacial score (nSPS) is 10.1. The minimum absolute atomic E-state index is 0.252. The van der Waals surface area contributed by atoms with Crippen LogP contribution in [0.5, 0.6) is 5.75 Å². The van der Waals surface area contributed by atoms with Gasteiger partial charge in [-0.3, -0.25) is 4.79 Å². The predicted molar refractivity (Wildman–Crippen MR) is 57.0 cm³/mol. The van der Waals surface area contributed by atoms with E-state index in [0.717, 1.165) is 11.8 Å². The number of aldehydes is 1. The van der Waals surface area contributed by atoms with Gasteiger partial charge >= 0.3 is 0 Å². The molecule has 1 aromatic carbocycles. The third kappa shape index (κ3) is 2.07. The Morgan fingerprint density at radius 3 is 2.60 bits per heavy atom. The van der Waals surface area contributed by atoms with Crippen LogP contribution in [0.4, 0.5) is 0 Å². The third-order valence-electron chi connectivity index (χ3n) is 2.27. The first-order valence-electron chi connectivity index (χ1n) is 4.68. The van der Waals surface area contributed by atoms with Crippen molar-refractivity contribution in [3.63, 3.8) is 0 Å². The molecule has 1 aromatic heterocycles. The first-order chi connectivity index (χ1) is 7.29. The molecule has 3 heteroatoms. The Hall–Kier alpha value is -2.03. The Labute approximate surface area is 87.6 Å². The predicted octanol–water partition coefficient (Wildman–Crippen LogP) is 2.05. The number of hydrogen-bond donors (Lipinski definition) is 1. The van der Waals surface area contributed by atoms with Crippen LogP contribution < -0.4 is 0 Å². The third-order valence-corrected chi connectivity index (χ3v) is 2.27. The van der Waals surface area contributed by atoms with Crippen molar-refractivity contribution in [1.82, 2.24) is 4.57 Å². The summed E-state index contributed by atoms with van der Waals surface area (Å²) < 4.78 is 1.86. The number of phenolic OH excluding ortho intramolecular Hbond substituents is 1. The molecule has 0 fully saturated rings. The van der Waals surface area contributed by atoms with Gasteiger partial charge in [-0.2, -0.15) is 0 Å². The van der Waals surface area contributed by atoms with Crippen molar-refractivity contribution in [3.05, 3.63) is 53.9 Å². The van der Waals surface area contributed by atoms with Gasteiger partial charge in [0.2, 0.25) is 0 Å². The SMILES string of the molecule is O=Cc1cccn1Cc1ccc(O)cc1. The summed E-state index contributed by atoms with van der Waals surface area (Å²) in [5, 5.41) is 9.12. The van der Waals surface area contributed by atoms with E-state index >= 15 is 0 Å². The molecule has 0 radical (unpaired) electrons. The van der Waals surface area contributed by atoms with Gasteiger partial charge in [-0.05, 0) is 29.8 Å². The highest BCUT2D eigenvalue weighted by Crippen LogP contribution is 2.11. The topological polar surface area (TPSA) is 42.2 Å². The molecule has 0 aliphatic carbocycles. The lowest BCUT2D eigenvalue weighted by molar-refractivity contribution is 0.111. The molecule has 0 atom stereocenters. The Balaban J connectivity index is 2.21. The summed E-state index contributed by atoms with van der Waals surface area (Å²) in [6, 6.07) is 10.6. The second kappa shape index (κ2) is 4.00. The molecule has 2 rings (SSSR count). The molecule has 0 bridgehead atoms. The summed E-state index contributed by atoms with van der Waals surface area (Å²) in [5.74, 6) is 0.252. The largest absolute Gasteiger partial charge is 0.508 e. The molecule has 15 heavy (non-hydrogen) atoms. The summed E-state index contributed by atoms with van der Waals surface area (Å²) in [7, 11) is 0. The van der Waals surface area contributed by atoms with E-state index in [0.29, 0.717) is 12.2 Å². The van der Waals surface area contributed by atoms with Crippen LogP contribution in [0, 0.1) is 0 Å². The van der Waals surface area contributed by atoms with Gasteiger partial charge in [-0.1, -0.05) is 12.1 Å². The fourth-order valence-electron chi connectivity index (χ4n) is 1.48. The van der Waals surface area contributed by atoms with Gasteiger partial charge in [0.25, 0.3) is 0 Å². The standard InChI is InChI=1S/C12H11NO2/c14-9-11-2-1-7-13(11)8-10-3-5-12(15)6-4-10/h1-7,9,15H,8H2. The van der Waals surface area contributed by atoms with Crippen molar-refractivity contribution in [1.29, 1.82) is 0 Å². The van der Waals surface area contributed by atoms with Crippen LogP contribution in [0.25, 0.3) is 0 Å². The monoisotopic (exact) mass is 201 g/mol. The molecular formula is C12H11NO2. The molecule has 0 saturated carbocycles. The maximum absolute atomic E-state index is 10.7. The minimum atomic E-state index is 0.252. The van der Waals surface area contributed by atoms with E-state index in [1.165, 1.54) is 0 Å². The van der Waals surface area contributed by atoms with E-state index in [2.05, 4.69) is 0 Å². The molecule has 0 spiro atoms. The Bertz CT molecular complexity index is 457. The number of carbonyl (C=O) groups is 1. The lowest BCUT2D eigenvalue weighted by Crippen LogP contribution is -2.01. The summed E-state index contributed by atoms with van der Waals surface area (Å²) in [6.07, 6.45) is 2.69. The fraction of sp³-hybridized carbons (Fsp3) is 0.0833. The van der Waals surface area contributed by atoms with E-state index < -0.39 is 0 Å². The molecule has 1 heterocycles. The van der Waals surface area contributed by atoms with Crippen molar-refractivity contribution in [2.75, 3.05) is 0 Å². The zero-order valence-electron chi connectivity index (χ0n) is 8.13. The Morgan fingerprint density at radius 2 is 1.93 bits per heavy atom. The van der Waals surface area contributed by atoms with Gasteiger partial charge in [0, 0.05) is 12.7 Å². The number of carbonyl (C=O) groups excluding carboxylic acids is 1. The average molecular weight is 201 g/mol. The van der Waals surface area contributed by atoms with E-state index in [1.54, 1.807) is 18.2 Å². The second-order valence-corrected chi connectivity index (χ2v) is 3.35. The summed E-state index contributed by atoms with van der Waals surface area (Å²) in [6.45, 7) is 0.640. The molecular weight excluding hydrogens is 190 g/mol. The van der Waals surface area contributed by atoms with Crippen molar-refractivity contribution >= 4 is 6.29 Å². The van der Waals surface area contributed by atoms with Gasteiger partial charge in [-0.25, -0.2) is 0 Å². The maximum Gasteiger partial charge on any atom is 0.166 e.